The first-order valence-electron chi connectivity index (χ1n) is 6.40. The first kappa shape index (κ1) is 13.1. The fraction of sp³-hybridized carbons (Fsp3) is 0.500. The van der Waals surface area contributed by atoms with Gasteiger partial charge in [-0.3, -0.25) is 0 Å². The number of carbonyl (C=O) groups excluding carboxylic acids is 1. The largest absolute Gasteiger partial charge is 0.379 e. The van der Waals surface area contributed by atoms with Gasteiger partial charge in [-0.15, -0.1) is 5.06 Å². The zero-order valence-electron chi connectivity index (χ0n) is 10.7. The van der Waals surface area contributed by atoms with Crippen molar-refractivity contribution in [3.05, 3.63) is 35.9 Å². The molecule has 0 spiro atoms. The van der Waals surface area contributed by atoms with Gasteiger partial charge in [-0.2, -0.15) is 0 Å². The van der Waals surface area contributed by atoms with Crippen molar-refractivity contribution in [3.8, 4) is 0 Å². The van der Waals surface area contributed by atoms with Crippen molar-refractivity contribution in [2.24, 2.45) is 0 Å². The predicted octanol–water partition coefficient (Wildman–Crippen LogP) is 1.97. The monoisotopic (exact) mass is 249 g/mol. The maximum Gasteiger partial charge on any atom is 0.332 e. The molecule has 1 aliphatic rings. The number of carbonyl (C=O) groups is 1. The standard InChI is InChI=1S/C14H19NO3/c1-2-13(12-6-4-3-5-7-12)14(16)18-15-8-10-17-11-9-15/h3-7,13H,2,8-11H2,1H3. The SMILES string of the molecule is CCC(C(=O)ON1CCOCC1)c1ccccc1. The summed E-state index contributed by atoms with van der Waals surface area (Å²) < 4.78 is 5.22. The van der Waals surface area contributed by atoms with Crippen LogP contribution in [0, 0.1) is 0 Å². The lowest BCUT2D eigenvalue weighted by molar-refractivity contribution is -0.207. The zero-order chi connectivity index (χ0) is 12.8. The second-order valence-electron chi connectivity index (χ2n) is 4.32. The van der Waals surface area contributed by atoms with Gasteiger partial charge in [0.2, 0.25) is 0 Å². The van der Waals surface area contributed by atoms with Crippen molar-refractivity contribution in [2.45, 2.75) is 19.3 Å². The fourth-order valence-electron chi connectivity index (χ4n) is 2.05. The minimum absolute atomic E-state index is 0.175. The van der Waals surface area contributed by atoms with Crippen molar-refractivity contribution in [1.29, 1.82) is 0 Å². The van der Waals surface area contributed by atoms with E-state index in [2.05, 4.69) is 0 Å². The molecule has 0 aliphatic carbocycles. The molecule has 18 heavy (non-hydrogen) atoms. The number of ether oxygens (including phenoxy) is 1. The first-order chi connectivity index (χ1) is 8.81. The maximum absolute atomic E-state index is 12.1. The van der Waals surface area contributed by atoms with Crippen LogP contribution in [-0.4, -0.2) is 37.3 Å². The average Bonchev–Trinajstić information content (AvgIpc) is 2.42. The summed E-state index contributed by atoms with van der Waals surface area (Å²) in [6.45, 7) is 4.54. The molecule has 1 saturated heterocycles. The van der Waals surface area contributed by atoms with E-state index in [4.69, 9.17) is 9.57 Å². The van der Waals surface area contributed by atoms with Gasteiger partial charge in [0.05, 0.1) is 32.2 Å². The molecule has 0 amide bonds. The van der Waals surface area contributed by atoms with Crippen LogP contribution in [0.4, 0.5) is 0 Å². The van der Waals surface area contributed by atoms with Crippen LogP contribution in [0.2, 0.25) is 0 Å². The molecule has 0 saturated carbocycles. The minimum Gasteiger partial charge on any atom is -0.379 e. The van der Waals surface area contributed by atoms with E-state index in [9.17, 15) is 4.79 Å². The van der Waals surface area contributed by atoms with E-state index in [1.54, 1.807) is 5.06 Å². The molecular formula is C14H19NO3. The Labute approximate surface area is 107 Å². The zero-order valence-corrected chi connectivity index (χ0v) is 10.7. The summed E-state index contributed by atoms with van der Waals surface area (Å²) in [6, 6.07) is 9.77. The Hall–Kier alpha value is -1.39. The van der Waals surface area contributed by atoms with E-state index in [-0.39, 0.29) is 11.9 Å². The molecule has 1 aromatic carbocycles. The number of benzene rings is 1. The molecule has 1 unspecified atom stereocenters. The van der Waals surface area contributed by atoms with Crippen LogP contribution < -0.4 is 0 Å². The Morgan fingerprint density at radius 1 is 1.33 bits per heavy atom. The Balaban J connectivity index is 1.97. The second kappa shape index (κ2) is 6.52. The van der Waals surface area contributed by atoms with Gasteiger partial charge in [0.1, 0.15) is 0 Å². The fourth-order valence-corrected chi connectivity index (χ4v) is 2.05. The molecule has 1 heterocycles. The Morgan fingerprint density at radius 2 is 2.00 bits per heavy atom. The van der Waals surface area contributed by atoms with Crippen LogP contribution in [-0.2, 0) is 14.4 Å². The van der Waals surface area contributed by atoms with Crippen molar-refractivity contribution in [3.63, 3.8) is 0 Å². The summed E-state index contributed by atoms with van der Waals surface area (Å²) >= 11 is 0. The molecule has 4 nitrogen and oxygen atoms in total. The van der Waals surface area contributed by atoms with Crippen molar-refractivity contribution in [2.75, 3.05) is 26.3 Å². The van der Waals surface area contributed by atoms with Gasteiger partial charge in [0.15, 0.2) is 0 Å². The van der Waals surface area contributed by atoms with Gasteiger partial charge in [-0.1, -0.05) is 37.3 Å². The molecule has 1 atom stereocenters. The van der Waals surface area contributed by atoms with Crippen molar-refractivity contribution in [1.82, 2.24) is 5.06 Å². The first-order valence-corrected chi connectivity index (χ1v) is 6.40. The van der Waals surface area contributed by atoms with E-state index in [0.717, 1.165) is 12.0 Å². The second-order valence-corrected chi connectivity index (χ2v) is 4.32. The lowest BCUT2D eigenvalue weighted by atomic mass is 9.97. The highest BCUT2D eigenvalue weighted by Crippen LogP contribution is 2.21. The predicted molar refractivity (Wildman–Crippen MR) is 68.0 cm³/mol. The topological polar surface area (TPSA) is 38.8 Å². The quantitative estimate of drug-likeness (QED) is 0.817. The van der Waals surface area contributed by atoms with Crippen LogP contribution in [0.15, 0.2) is 30.3 Å². The van der Waals surface area contributed by atoms with E-state index in [1.807, 2.05) is 37.3 Å². The van der Waals surface area contributed by atoms with Gasteiger partial charge in [-0.05, 0) is 12.0 Å². The van der Waals surface area contributed by atoms with E-state index in [0.29, 0.717) is 26.3 Å². The van der Waals surface area contributed by atoms with E-state index < -0.39 is 0 Å². The Morgan fingerprint density at radius 3 is 2.61 bits per heavy atom. The summed E-state index contributed by atoms with van der Waals surface area (Å²) in [5, 5.41) is 1.69. The summed E-state index contributed by atoms with van der Waals surface area (Å²) in [6.07, 6.45) is 0.743. The molecule has 0 bridgehead atoms. The molecule has 2 rings (SSSR count). The Kier molecular flexibility index (Phi) is 4.73. The minimum atomic E-state index is -0.186. The van der Waals surface area contributed by atoms with Crippen molar-refractivity contribution >= 4 is 5.97 Å². The molecule has 0 N–H and O–H groups in total. The number of hydrogen-bond acceptors (Lipinski definition) is 4. The van der Waals surface area contributed by atoms with Gasteiger partial charge < -0.3 is 9.57 Å². The maximum atomic E-state index is 12.1. The van der Waals surface area contributed by atoms with Crippen LogP contribution in [0.5, 0.6) is 0 Å². The van der Waals surface area contributed by atoms with Crippen molar-refractivity contribution < 1.29 is 14.4 Å². The van der Waals surface area contributed by atoms with Crippen LogP contribution >= 0.6 is 0 Å². The molecular weight excluding hydrogens is 230 g/mol. The summed E-state index contributed by atoms with van der Waals surface area (Å²) in [7, 11) is 0. The van der Waals surface area contributed by atoms with Gasteiger partial charge in [0, 0.05) is 0 Å². The molecule has 1 aromatic rings. The van der Waals surface area contributed by atoms with Gasteiger partial charge in [0.25, 0.3) is 0 Å². The molecule has 0 radical (unpaired) electrons. The molecule has 98 valence electrons. The van der Waals surface area contributed by atoms with E-state index >= 15 is 0 Å². The molecule has 0 aromatic heterocycles. The molecule has 4 heteroatoms. The highest BCUT2D eigenvalue weighted by molar-refractivity contribution is 5.77. The average molecular weight is 249 g/mol. The van der Waals surface area contributed by atoms with Crippen LogP contribution in [0.1, 0.15) is 24.8 Å². The third-order valence-corrected chi connectivity index (χ3v) is 3.08. The Bertz CT molecular complexity index is 374. The molecule has 1 fully saturated rings. The summed E-state index contributed by atoms with van der Waals surface area (Å²) in [5.74, 6) is -0.361. The van der Waals surface area contributed by atoms with Crippen LogP contribution in [0.3, 0.4) is 0 Å². The number of morpholine rings is 1. The third kappa shape index (κ3) is 3.31. The van der Waals surface area contributed by atoms with Crippen LogP contribution in [0.25, 0.3) is 0 Å². The van der Waals surface area contributed by atoms with Gasteiger partial charge >= 0.3 is 5.97 Å². The lowest BCUT2D eigenvalue weighted by Crippen LogP contribution is -2.39. The number of nitrogens with zero attached hydrogens (tertiary/aromatic N) is 1. The summed E-state index contributed by atoms with van der Waals surface area (Å²) in [4.78, 5) is 17.6. The number of rotatable bonds is 4. The van der Waals surface area contributed by atoms with E-state index in [1.165, 1.54) is 0 Å². The highest BCUT2D eigenvalue weighted by Gasteiger charge is 2.23. The normalized spacial score (nSPS) is 18.3. The lowest BCUT2D eigenvalue weighted by Gasteiger charge is -2.26. The van der Waals surface area contributed by atoms with Gasteiger partial charge in [-0.25, -0.2) is 4.79 Å². The highest BCUT2D eigenvalue weighted by atomic mass is 16.7. The molecule has 1 aliphatic heterocycles. The summed E-state index contributed by atoms with van der Waals surface area (Å²) in [5.41, 5.74) is 1.01. The number of hydroxylamine groups is 2. The third-order valence-electron chi connectivity index (χ3n) is 3.08. The number of hydrogen-bond donors (Lipinski definition) is 0. The smallest absolute Gasteiger partial charge is 0.332 e.